The molecule has 0 unspecified atom stereocenters. The van der Waals surface area contributed by atoms with Gasteiger partial charge in [0.25, 0.3) is 0 Å². The summed E-state index contributed by atoms with van der Waals surface area (Å²) in [6.45, 7) is 1.96. The molecule has 0 N–H and O–H groups in total. The van der Waals surface area contributed by atoms with Crippen molar-refractivity contribution in [2.75, 3.05) is 7.05 Å². The zero-order valence-electron chi connectivity index (χ0n) is 11.5. The third-order valence-electron chi connectivity index (χ3n) is 3.01. The summed E-state index contributed by atoms with van der Waals surface area (Å²) < 4.78 is 27.1. The summed E-state index contributed by atoms with van der Waals surface area (Å²) in [4.78, 5) is 1.02. The van der Waals surface area contributed by atoms with Gasteiger partial charge in [-0.05, 0) is 36.8 Å². The van der Waals surface area contributed by atoms with Gasteiger partial charge in [0, 0.05) is 18.5 Å². The lowest BCUT2D eigenvalue weighted by atomic mass is 10.2. The number of thiophene rings is 1. The molecular formula is C14H13ClN2O2S2. The number of hydrogen-bond acceptors (Lipinski definition) is 4. The highest BCUT2D eigenvalue weighted by atomic mass is 35.5. The average molecular weight is 341 g/mol. The van der Waals surface area contributed by atoms with Crippen molar-refractivity contribution in [3.05, 3.63) is 50.7 Å². The molecule has 1 heterocycles. The van der Waals surface area contributed by atoms with Crippen molar-refractivity contribution >= 4 is 33.0 Å². The van der Waals surface area contributed by atoms with Gasteiger partial charge in [0.2, 0.25) is 10.0 Å². The second-order valence-corrected chi connectivity index (χ2v) is 8.37. The van der Waals surface area contributed by atoms with Gasteiger partial charge < -0.3 is 0 Å². The summed E-state index contributed by atoms with van der Waals surface area (Å²) >= 11 is 7.20. The number of nitrogens with zero attached hydrogens (tertiary/aromatic N) is 2. The van der Waals surface area contributed by atoms with Crippen LogP contribution in [0.1, 0.15) is 16.0 Å². The van der Waals surface area contributed by atoms with Crippen LogP contribution >= 0.6 is 22.9 Å². The van der Waals surface area contributed by atoms with Gasteiger partial charge in [-0.2, -0.15) is 9.57 Å². The van der Waals surface area contributed by atoms with Gasteiger partial charge in [-0.1, -0.05) is 17.7 Å². The molecule has 0 amide bonds. The Bertz CT molecular complexity index is 807. The summed E-state index contributed by atoms with van der Waals surface area (Å²) in [5.74, 6) is 0. The van der Waals surface area contributed by atoms with Gasteiger partial charge in [0.1, 0.15) is 0 Å². The Labute approximate surface area is 133 Å². The predicted octanol–water partition coefficient (Wildman–Crippen LogP) is 3.40. The smallest absolute Gasteiger partial charge is 0.207 e. The molecule has 21 heavy (non-hydrogen) atoms. The molecule has 0 bridgehead atoms. The lowest BCUT2D eigenvalue weighted by Crippen LogP contribution is -2.26. The molecule has 1 aromatic heterocycles. The van der Waals surface area contributed by atoms with Crippen LogP contribution in [-0.2, 0) is 16.6 Å². The van der Waals surface area contributed by atoms with E-state index in [1.807, 2.05) is 6.07 Å². The van der Waals surface area contributed by atoms with Crippen LogP contribution in [0.3, 0.4) is 0 Å². The average Bonchev–Trinajstić information content (AvgIpc) is 2.84. The van der Waals surface area contributed by atoms with Crippen LogP contribution in [0.25, 0.3) is 0 Å². The Hall–Kier alpha value is -1.39. The van der Waals surface area contributed by atoms with Gasteiger partial charge in [-0.3, -0.25) is 0 Å². The lowest BCUT2D eigenvalue weighted by molar-refractivity contribution is 0.469. The Morgan fingerprint density at radius 1 is 1.33 bits per heavy atom. The largest absolute Gasteiger partial charge is 0.243 e. The minimum absolute atomic E-state index is 0.159. The molecule has 0 aliphatic carbocycles. The van der Waals surface area contributed by atoms with E-state index in [1.165, 1.54) is 28.8 Å². The maximum atomic E-state index is 12.6. The second-order valence-electron chi connectivity index (χ2n) is 4.56. The summed E-state index contributed by atoms with van der Waals surface area (Å²) in [5, 5.41) is 8.92. The summed E-state index contributed by atoms with van der Waals surface area (Å²) in [6.07, 6.45) is 0. The highest BCUT2D eigenvalue weighted by Crippen LogP contribution is 2.26. The molecule has 0 saturated heterocycles. The van der Waals surface area contributed by atoms with E-state index in [-0.39, 0.29) is 11.4 Å². The van der Waals surface area contributed by atoms with Crippen LogP contribution in [-0.4, -0.2) is 19.8 Å². The molecule has 0 aliphatic rings. The van der Waals surface area contributed by atoms with E-state index >= 15 is 0 Å². The topological polar surface area (TPSA) is 61.2 Å². The van der Waals surface area contributed by atoms with E-state index in [0.29, 0.717) is 15.5 Å². The molecule has 110 valence electrons. The number of nitriles is 1. The molecule has 2 aromatic rings. The normalized spacial score (nSPS) is 11.6. The number of sulfonamides is 1. The number of aryl methyl sites for hydroxylation is 1. The highest BCUT2D eigenvalue weighted by Gasteiger charge is 2.23. The molecular weight excluding hydrogens is 328 g/mol. The van der Waals surface area contributed by atoms with Crippen LogP contribution in [0, 0.1) is 18.3 Å². The Morgan fingerprint density at radius 3 is 2.62 bits per heavy atom. The fourth-order valence-corrected chi connectivity index (χ4v) is 4.48. The Balaban J connectivity index is 2.35. The zero-order chi connectivity index (χ0) is 15.6. The molecule has 0 fully saturated rings. The monoisotopic (exact) mass is 340 g/mol. The summed E-state index contributed by atoms with van der Waals surface area (Å²) in [5.41, 5.74) is 0.941. The van der Waals surface area contributed by atoms with Crippen molar-refractivity contribution < 1.29 is 8.42 Å². The van der Waals surface area contributed by atoms with E-state index in [2.05, 4.69) is 0 Å². The van der Waals surface area contributed by atoms with Crippen molar-refractivity contribution in [1.29, 1.82) is 5.26 Å². The fraction of sp³-hybridized carbons (Fsp3) is 0.214. The quantitative estimate of drug-likeness (QED) is 0.857. The van der Waals surface area contributed by atoms with Gasteiger partial charge in [-0.15, -0.1) is 11.3 Å². The van der Waals surface area contributed by atoms with E-state index < -0.39 is 10.0 Å². The third kappa shape index (κ3) is 3.44. The standard InChI is InChI=1S/C14H13ClN2O2S2/c1-10-3-4-11(8-16)7-13(10)21(18,19)17(2)9-12-5-6-14(15)20-12/h3-7H,9H2,1-2H3. The maximum absolute atomic E-state index is 12.6. The molecule has 1 aromatic carbocycles. The number of hydrogen-bond donors (Lipinski definition) is 0. The zero-order valence-corrected chi connectivity index (χ0v) is 13.9. The molecule has 2 rings (SSSR count). The first-order valence-corrected chi connectivity index (χ1v) is 8.69. The molecule has 0 spiro atoms. The minimum atomic E-state index is -3.65. The van der Waals surface area contributed by atoms with Crippen molar-refractivity contribution in [3.8, 4) is 6.07 Å². The van der Waals surface area contributed by atoms with Crippen LogP contribution in [0.15, 0.2) is 35.2 Å². The lowest BCUT2D eigenvalue weighted by Gasteiger charge is -2.18. The number of halogens is 1. The van der Waals surface area contributed by atoms with Crippen molar-refractivity contribution in [3.63, 3.8) is 0 Å². The van der Waals surface area contributed by atoms with Crippen molar-refractivity contribution in [1.82, 2.24) is 4.31 Å². The Kier molecular flexibility index (Phi) is 4.69. The van der Waals surface area contributed by atoms with E-state index in [0.717, 1.165) is 4.88 Å². The Morgan fingerprint density at radius 2 is 2.05 bits per heavy atom. The van der Waals surface area contributed by atoms with E-state index in [9.17, 15) is 8.42 Å². The van der Waals surface area contributed by atoms with Gasteiger partial charge in [0.05, 0.1) is 20.9 Å². The molecule has 0 radical (unpaired) electrons. The van der Waals surface area contributed by atoms with Gasteiger partial charge in [0.15, 0.2) is 0 Å². The van der Waals surface area contributed by atoms with Crippen molar-refractivity contribution in [2.45, 2.75) is 18.4 Å². The fourth-order valence-electron chi connectivity index (χ4n) is 1.86. The van der Waals surface area contributed by atoms with Gasteiger partial charge in [-0.25, -0.2) is 8.42 Å². The molecule has 0 atom stereocenters. The summed E-state index contributed by atoms with van der Waals surface area (Å²) in [7, 11) is -2.13. The first kappa shape index (κ1) is 16.0. The van der Waals surface area contributed by atoms with Crippen LogP contribution in [0.5, 0.6) is 0 Å². The molecule has 7 heteroatoms. The van der Waals surface area contributed by atoms with Crippen LogP contribution in [0.4, 0.5) is 0 Å². The van der Waals surface area contributed by atoms with E-state index in [4.69, 9.17) is 16.9 Å². The third-order valence-corrected chi connectivity index (χ3v) is 6.17. The minimum Gasteiger partial charge on any atom is -0.207 e. The van der Waals surface area contributed by atoms with Crippen LogP contribution in [0.2, 0.25) is 4.34 Å². The van der Waals surface area contributed by atoms with Crippen LogP contribution < -0.4 is 0 Å². The summed E-state index contributed by atoms with van der Waals surface area (Å²) in [6, 6.07) is 10.2. The van der Waals surface area contributed by atoms with E-state index in [1.54, 1.807) is 31.2 Å². The first-order chi connectivity index (χ1) is 9.84. The SMILES string of the molecule is Cc1ccc(C#N)cc1S(=O)(=O)N(C)Cc1ccc(Cl)s1. The second kappa shape index (κ2) is 6.16. The first-order valence-electron chi connectivity index (χ1n) is 6.06. The number of rotatable bonds is 4. The number of benzene rings is 1. The molecule has 4 nitrogen and oxygen atoms in total. The highest BCUT2D eigenvalue weighted by molar-refractivity contribution is 7.89. The van der Waals surface area contributed by atoms with Gasteiger partial charge >= 0.3 is 0 Å². The predicted molar refractivity (Wildman–Crippen MR) is 83.9 cm³/mol. The van der Waals surface area contributed by atoms with Crippen molar-refractivity contribution in [2.24, 2.45) is 0 Å². The molecule has 0 aliphatic heterocycles. The molecule has 0 saturated carbocycles. The maximum Gasteiger partial charge on any atom is 0.243 e.